The summed E-state index contributed by atoms with van der Waals surface area (Å²) in [4.78, 5) is 28.6. The molecule has 0 bridgehead atoms. The Morgan fingerprint density at radius 3 is 2.10 bits per heavy atom. The fourth-order valence-electron chi connectivity index (χ4n) is 3.13. The molecule has 7 nitrogen and oxygen atoms in total. The first-order chi connectivity index (χ1) is 14.1. The molecule has 0 saturated carbocycles. The summed E-state index contributed by atoms with van der Waals surface area (Å²) in [6.45, 7) is 4.45. The van der Waals surface area contributed by atoms with E-state index in [0.717, 1.165) is 5.75 Å². The molecule has 0 N–H and O–H groups in total. The Morgan fingerprint density at radius 1 is 0.862 bits per heavy atom. The van der Waals surface area contributed by atoms with Gasteiger partial charge < -0.3 is 24.0 Å². The smallest absolute Gasteiger partial charge is 0.260 e. The number of benzene rings is 2. The van der Waals surface area contributed by atoms with E-state index in [1.165, 1.54) is 0 Å². The van der Waals surface area contributed by atoms with Crippen molar-refractivity contribution in [2.75, 3.05) is 46.5 Å². The molecule has 7 heteroatoms. The van der Waals surface area contributed by atoms with Crippen molar-refractivity contribution in [3.8, 4) is 17.2 Å². The molecule has 1 saturated heterocycles. The van der Waals surface area contributed by atoms with E-state index in [4.69, 9.17) is 14.2 Å². The molecule has 0 aromatic heterocycles. The van der Waals surface area contributed by atoms with Crippen LogP contribution in [0.2, 0.25) is 0 Å². The van der Waals surface area contributed by atoms with Gasteiger partial charge in [0.15, 0.2) is 6.61 Å². The van der Waals surface area contributed by atoms with Crippen molar-refractivity contribution < 1.29 is 23.8 Å². The number of carbonyl (C=O) groups excluding carboxylic acids is 2. The third-order valence-electron chi connectivity index (χ3n) is 4.73. The number of hydrogen-bond acceptors (Lipinski definition) is 5. The monoisotopic (exact) mass is 398 g/mol. The molecular weight excluding hydrogens is 372 g/mol. The van der Waals surface area contributed by atoms with Gasteiger partial charge in [-0.05, 0) is 49.4 Å². The van der Waals surface area contributed by atoms with E-state index in [0.29, 0.717) is 49.8 Å². The van der Waals surface area contributed by atoms with Crippen LogP contribution < -0.4 is 14.2 Å². The average Bonchev–Trinajstić information content (AvgIpc) is 2.78. The van der Waals surface area contributed by atoms with E-state index in [1.807, 2.05) is 19.1 Å². The minimum atomic E-state index is -0.0904. The van der Waals surface area contributed by atoms with Crippen LogP contribution in [0.3, 0.4) is 0 Å². The van der Waals surface area contributed by atoms with Crippen molar-refractivity contribution in [2.45, 2.75) is 6.92 Å². The maximum Gasteiger partial charge on any atom is 0.260 e. The molecule has 0 unspecified atom stereocenters. The van der Waals surface area contributed by atoms with Gasteiger partial charge in [0.05, 0.1) is 13.7 Å². The zero-order valence-corrected chi connectivity index (χ0v) is 16.8. The van der Waals surface area contributed by atoms with Crippen LogP contribution in [0.5, 0.6) is 17.2 Å². The number of nitrogens with zero attached hydrogens (tertiary/aromatic N) is 2. The van der Waals surface area contributed by atoms with Gasteiger partial charge in [-0.15, -0.1) is 0 Å². The highest BCUT2D eigenvalue weighted by molar-refractivity contribution is 5.94. The average molecular weight is 398 g/mol. The highest BCUT2D eigenvalue weighted by atomic mass is 16.5. The second kappa shape index (κ2) is 9.82. The van der Waals surface area contributed by atoms with Gasteiger partial charge in [-0.25, -0.2) is 0 Å². The van der Waals surface area contributed by atoms with Crippen LogP contribution in [0.4, 0.5) is 0 Å². The number of rotatable bonds is 7. The first kappa shape index (κ1) is 20.5. The predicted octanol–water partition coefficient (Wildman–Crippen LogP) is 2.46. The fraction of sp³-hybridized carbons (Fsp3) is 0.364. The molecule has 29 heavy (non-hydrogen) atoms. The van der Waals surface area contributed by atoms with Gasteiger partial charge in [0.25, 0.3) is 11.8 Å². The highest BCUT2D eigenvalue weighted by Crippen LogP contribution is 2.18. The van der Waals surface area contributed by atoms with Gasteiger partial charge in [0, 0.05) is 31.7 Å². The summed E-state index contributed by atoms with van der Waals surface area (Å²) in [5.41, 5.74) is 0.586. The van der Waals surface area contributed by atoms with Gasteiger partial charge >= 0.3 is 0 Å². The summed E-state index contributed by atoms with van der Waals surface area (Å²) in [6, 6.07) is 14.3. The van der Waals surface area contributed by atoms with Crippen LogP contribution in [0, 0.1) is 0 Å². The maximum absolute atomic E-state index is 12.7. The summed E-state index contributed by atoms with van der Waals surface area (Å²) in [6.07, 6.45) is 0. The van der Waals surface area contributed by atoms with Gasteiger partial charge in [-0.1, -0.05) is 6.07 Å². The quantitative estimate of drug-likeness (QED) is 0.717. The van der Waals surface area contributed by atoms with Gasteiger partial charge in [-0.3, -0.25) is 9.59 Å². The topological polar surface area (TPSA) is 68.3 Å². The summed E-state index contributed by atoms with van der Waals surface area (Å²) in [5, 5.41) is 0. The number of ether oxygens (including phenoxy) is 3. The summed E-state index contributed by atoms with van der Waals surface area (Å²) < 4.78 is 16.1. The van der Waals surface area contributed by atoms with E-state index < -0.39 is 0 Å². The molecule has 2 amide bonds. The fourth-order valence-corrected chi connectivity index (χ4v) is 3.13. The van der Waals surface area contributed by atoms with Crippen molar-refractivity contribution in [3.05, 3.63) is 54.1 Å². The van der Waals surface area contributed by atoms with E-state index in [-0.39, 0.29) is 18.4 Å². The van der Waals surface area contributed by atoms with E-state index in [9.17, 15) is 9.59 Å². The molecule has 2 aromatic rings. The number of carbonyl (C=O) groups is 2. The zero-order valence-electron chi connectivity index (χ0n) is 16.8. The largest absolute Gasteiger partial charge is 0.497 e. The minimum absolute atomic E-state index is 0.0299. The lowest BCUT2D eigenvalue weighted by molar-refractivity contribution is -0.134. The Labute approximate surface area is 170 Å². The molecule has 2 aromatic carbocycles. The first-order valence-electron chi connectivity index (χ1n) is 9.67. The number of piperazine rings is 1. The number of amides is 2. The highest BCUT2D eigenvalue weighted by Gasteiger charge is 2.25. The Hall–Kier alpha value is -3.22. The third-order valence-corrected chi connectivity index (χ3v) is 4.73. The van der Waals surface area contributed by atoms with Crippen LogP contribution in [-0.2, 0) is 4.79 Å². The van der Waals surface area contributed by atoms with E-state index in [1.54, 1.807) is 53.3 Å². The molecule has 1 aliphatic heterocycles. The lowest BCUT2D eigenvalue weighted by atomic mass is 10.1. The van der Waals surface area contributed by atoms with Gasteiger partial charge in [0.2, 0.25) is 0 Å². The van der Waals surface area contributed by atoms with Crippen molar-refractivity contribution >= 4 is 11.8 Å². The lowest BCUT2D eigenvalue weighted by Gasteiger charge is -2.34. The SMILES string of the molecule is CCOc1ccc(OCC(=O)N2CCN(C(=O)c3cccc(OC)c3)CC2)cc1. The summed E-state index contributed by atoms with van der Waals surface area (Å²) in [5.74, 6) is 1.89. The standard InChI is InChI=1S/C22H26N2O5/c1-3-28-18-7-9-19(10-8-18)29-16-21(25)23-11-13-24(14-12-23)22(26)17-5-4-6-20(15-17)27-2/h4-10,15H,3,11-14,16H2,1-2H3. The first-order valence-corrected chi connectivity index (χ1v) is 9.67. The Bertz CT molecular complexity index is 829. The molecule has 0 aliphatic carbocycles. The molecule has 0 radical (unpaired) electrons. The Balaban J connectivity index is 1.47. The molecule has 0 spiro atoms. The maximum atomic E-state index is 12.7. The zero-order chi connectivity index (χ0) is 20.6. The summed E-state index contributed by atoms with van der Waals surface area (Å²) >= 11 is 0. The van der Waals surface area contributed by atoms with Crippen LogP contribution in [0.1, 0.15) is 17.3 Å². The number of hydrogen-bond donors (Lipinski definition) is 0. The van der Waals surface area contributed by atoms with Crippen molar-refractivity contribution in [2.24, 2.45) is 0 Å². The molecule has 1 aliphatic rings. The predicted molar refractivity (Wildman–Crippen MR) is 109 cm³/mol. The molecule has 154 valence electrons. The van der Waals surface area contributed by atoms with Crippen LogP contribution in [0.25, 0.3) is 0 Å². The van der Waals surface area contributed by atoms with Crippen LogP contribution in [-0.4, -0.2) is 68.1 Å². The molecule has 0 atom stereocenters. The minimum Gasteiger partial charge on any atom is -0.497 e. The van der Waals surface area contributed by atoms with Gasteiger partial charge in [0.1, 0.15) is 17.2 Å². The van der Waals surface area contributed by atoms with Crippen molar-refractivity contribution in [3.63, 3.8) is 0 Å². The molecule has 1 heterocycles. The molecular formula is C22H26N2O5. The summed E-state index contributed by atoms with van der Waals surface area (Å²) in [7, 11) is 1.57. The number of methoxy groups -OCH3 is 1. The van der Waals surface area contributed by atoms with Crippen LogP contribution >= 0.6 is 0 Å². The lowest BCUT2D eigenvalue weighted by Crippen LogP contribution is -2.51. The second-order valence-electron chi connectivity index (χ2n) is 6.60. The second-order valence-corrected chi connectivity index (χ2v) is 6.60. The van der Waals surface area contributed by atoms with Crippen molar-refractivity contribution in [1.82, 2.24) is 9.80 Å². The Kier molecular flexibility index (Phi) is 6.94. The van der Waals surface area contributed by atoms with Crippen LogP contribution in [0.15, 0.2) is 48.5 Å². The van der Waals surface area contributed by atoms with Gasteiger partial charge in [-0.2, -0.15) is 0 Å². The van der Waals surface area contributed by atoms with Crippen molar-refractivity contribution in [1.29, 1.82) is 0 Å². The molecule has 1 fully saturated rings. The normalized spacial score (nSPS) is 13.7. The Morgan fingerprint density at radius 2 is 1.48 bits per heavy atom. The van der Waals surface area contributed by atoms with E-state index in [2.05, 4.69) is 0 Å². The molecule has 3 rings (SSSR count). The van der Waals surface area contributed by atoms with E-state index >= 15 is 0 Å². The third kappa shape index (κ3) is 5.40.